The number of nitrogens with one attached hydrogen (secondary N) is 1. The first kappa shape index (κ1) is 21.2. The highest BCUT2D eigenvalue weighted by atomic mass is 32.1. The van der Waals surface area contributed by atoms with Crippen molar-refractivity contribution in [2.45, 2.75) is 52.7 Å². The first-order chi connectivity index (χ1) is 14.8. The zero-order valence-corrected chi connectivity index (χ0v) is 18.5. The van der Waals surface area contributed by atoms with Crippen LogP contribution in [0.2, 0.25) is 0 Å². The topological polar surface area (TPSA) is 103 Å². The number of hydrogen-bond donors (Lipinski definition) is 1. The predicted octanol–water partition coefficient (Wildman–Crippen LogP) is 3.18. The van der Waals surface area contributed by atoms with Gasteiger partial charge in [0.05, 0.1) is 17.1 Å². The van der Waals surface area contributed by atoms with Gasteiger partial charge in [0.2, 0.25) is 5.91 Å². The minimum absolute atomic E-state index is 0.239. The molecule has 0 spiro atoms. The van der Waals surface area contributed by atoms with E-state index in [4.69, 9.17) is 4.74 Å². The van der Waals surface area contributed by atoms with E-state index in [1.165, 1.54) is 22.3 Å². The Bertz CT molecular complexity index is 1210. The molecule has 2 heterocycles. The minimum Gasteiger partial charge on any atom is -0.459 e. The monoisotopic (exact) mass is 440 g/mol. The largest absolute Gasteiger partial charge is 0.459 e. The van der Waals surface area contributed by atoms with Crippen molar-refractivity contribution >= 4 is 39.1 Å². The number of benzene rings is 1. The summed E-state index contributed by atoms with van der Waals surface area (Å²) in [7, 11) is 0. The number of amides is 1. The maximum atomic E-state index is 13.0. The quantitative estimate of drug-likeness (QED) is 0.611. The first-order valence-electron chi connectivity index (χ1n) is 10.3. The molecule has 1 aromatic carbocycles. The lowest BCUT2D eigenvalue weighted by atomic mass is 9.89. The zero-order chi connectivity index (χ0) is 22.1. The van der Waals surface area contributed by atoms with Gasteiger partial charge in [0, 0.05) is 10.6 Å². The van der Waals surface area contributed by atoms with Crippen LogP contribution in [0.4, 0.5) is 5.69 Å². The molecule has 3 aromatic rings. The Hall–Kier alpha value is -3.07. The summed E-state index contributed by atoms with van der Waals surface area (Å²) < 4.78 is 6.28. The Balaban J connectivity index is 1.52. The van der Waals surface area contributed by atoms with E-state index >= 15 is 0 Å². The average Bonchev–Trinajstić information content (AvgIpc) is 3.08. The molecule has 0 bridgehead atoms. The fraction of sp³-hybridized carbons (Fsp3) is 0.409. The van der Waals surface area contributed by atoms with Gasteiger partial charge in [0.25, 0.3) is 5.56 Å². The van der Waals surface area contributed by atoms with Gasteiger partial charge in [-0.1, -0.05) is 18.2 Å². The van der Waals surface area contributed by atoms with Crippen molar-refractivity contribution < 1.29 is 14.3 Å². The van der Waals surface area contributed by atoms with E-state index < -0.39 is 11.9 Å². The molecule has 0 aliphatic heterocycles. The Labute approximate surface area is 183 Å². The lowest BCUT2D eigenvalue weighted by Crippen LogP contribution is -2.30. The van der Waals surface area contributed by atoms with Gasteiger partial charge in [-0.15, -0.1) is 16.4 Å². The molecular weight excluding hydrogens is 416 g/mol. The second-order valence-corrected chi connectivity index (χ2v) is 9.25. The Kier molecular flexibility index (Phi) is 5.86. The van der Waals surface area contributed by atoms with Crippen LogP contribution in [0.3, 0.4) is 0 Å². The molecule has 8 nitrogen and oxygen atoms in total. The molecule has 1 aliphatic carbocycles. The molecule has 162 valence electrons. The van der Waals surface area contributed by atoms with Crippen LogP contribution in [0.5, 0.6) is 0 Å². The highest BCUT2D eigenvalue weighted by molar-refractivity contribution is 7.18. The number of nitrogens with zero attached hydrogens (tertiary/aromatic N) is 3. The predicted molar refractivity (Wildman–Crippen MR) is 118 cm³/mol. The number of carbonyl (C=O) groups excluding carboxylic acids is 2. The van der Waals surface area contributed by atoms with Gasteiger partial charge in [-0.2, -0.15) is 0 Å². The number of aromatic nitrogens is 3. The maximum absolute atomic E-state index is 13.0. The minimum atomic E-state index is -0.463. The molecule has 4 rings (SSSR count). The summed E-state index contributed by atoms with van der Waals surface area (Å²) in [6.07, 6.45) is 2.60. The molecule has 1 amide bonds. The van der Waals surface area contributed by atoms with Gasteiger partial charge in [0.1, 0.15) is 6.54 Å². The van der Waals surface area contributed by atoms with Crippen molar-refractivity contribution in [1.82, 2.24) is 15.0 Å². The van der Waals surface area contributed by atoms with Crippen molar-refractivity contribution in [3.05, 3.63) is 50.6 Å². The number of anilines is 1. The highest BCUT2D eigenvalue weighted by Crippen LogP contribution is 2.35. The molecule has 1 N–H and O–H groups in total. The van der Waals surface area contributed by atoms with Gasteiger partial charge in [-0.05, 0) is 62.8 Å². The summed E-state index contributed by atoms with van der Waals surface area (Å²) >= 11 is 1.52. The molecule has 0 fully saturated rings. The van der Waals surface area contributed by atoms with Crippen LogP contribution in [0.25, 0.3) is 10.2 Å². The molecule has 9 heteroatoms. The van der Waals surface area contributed by atoms with E-state index in [-0.39, 0.29) is 18.2 Å². The first-order valence-corrected chi connectivity index (χ1v) is 11.1. The third-order valence-corrected chi connectivity index (χ3v) is 6.34. The van der Waals surface area contributed by atoms with E-state index in [9.17, 15) is 14.4 Å². The fourth-order valence-electron chi connectivity index (χ4n) is 3.74. The van der Waals surface area contributed by atoms with E-state index in [2.05, 4.69) is 22.6 Å². The van der Waals surface area contributed by atoms with Crippen molar-refractivity contribution in [1.29, 1.82) is 0 Å². The third-order valence-electron chi connectivity index (χ3n) is 5.20. The highest BCUT2D eigenvalue weighted by Gasteiger charge is 2.24. The lowest BCUT2D eigenvalue weighted by Gasteiger charge is -2.17. The van der Waals surface area contributed by atoms with E-state index in [1.54, 1.807) is 32.0 Å². The Morgan fingerprint density at radius 3 is 2.94 bits per heavy atom. The van der Waals surface area contributed by atoms with Crippen molar-refractivity contribution in [2.75, 3.05) is 5.32 Å². The fourth-order valence-corrected chi connectivity index (χ4v) is 5.06. The lowest BCUT2D eigenvalue weighted by molar-refractivity contribution is -0.117. The molecule has 1 aliphatic rings. The van der Waals surface area contributed by atoms with Gasteiger partial charge < -0.3 is 10.1 Å². The number of esters is 1. The molecule has 31 heavy (non-hydrogen) atoms. The van der Waals surface area contributed by atoms with Crippen LogP contribution in [0, 0.1) is 5.92 Å². The number of aryl methyl sites for hydroxylation is 1. The van der Waals surface area contributed by atoms with Gasteiger partial charge in [-0.25, -0.2) is 9.48 Å². The summed E-state index contributed by atoms with van der Waals surface area (Å²) in [5.74, 6) is -0.298. The summed E-state index contributed by atoms with van der Waals surface area (Å²) in [6, 6.07) is 6.48. The Morgan fingerprint density at radius 2 is 2.16 bits per heavy atom. The summed E-state index contributed by atoms with van der Waals surface area (Å²) in [4.78, 5) is 39.5. The molecule has 1 atom stereocenters. The Morgan fingerprint density at radius 1 is 1.35 bits per heavy atom. The normalized spacial score (nSPS) is 15.7. The van der Waals surface area contributed by atoms with E-state index in [1.807, 2.05) is 0 Å². The standard InChI is InChI=1S/C22H24N4O4S/c1-12(2)30-22(29)14-5-4-6-15(10-14)23-18(27)11-26-21(28)19-16-8-7-13(3)9-17(16)31-20(19)24-25-26/h4-6,10,12-13H,7-9,11H2,1-3H3,(H,23,27)/t13-/m0/s1. The van der Waals surface area contributed by atoms with Crippen LogP contribution < -0.4 is 10.9 Å². The third kappa shape index (κ3) is 4.51. The second kappa shape index (κ2) is 8.58. The molecular formula is C22H24N4O4S. The van der Waals surface area contributed by atoms with Gasteiger partial charge >= 0.3 is 5.97 Å². The number of hydrogen-bond acceptors (Lipinski definition) is 7. The zero-order valence-electron chi connectivity index (χ0n) is 17.7. The van der Waals surface area contributed by atoms with Crippen molar-refractivity contribution in [3.8, 4) is 0 Å². The number of ether oxygens (including phenoxy) is 1. The molecule has 0 saturated heterocycles. The number of fused-ring (bicyclic) bond motifs is 3. The molecule has 0 unspecified atom stereocenters. The van der Waals surface area contributed by atoms with Gasteiger partial charge in [0.15, 0.2) is 4.83 Å². The van der Waals surface area contributed by atoms with Gasteiger partial charge in [-0.3, -0.25) is 9.59 Å². The summed E-state index contributed by atoms with van der Waals surface area (Å²) in [5.41, 5.74) is 1.54. The average molecular weight is 441 g/mol. The van der Waals surface area contributed by atoms with Crippen molar-refractivity contribution in [3.63, 3.8) is 0 Å². The van der Waals surface area contributed by atoms with Crippen LogP contribution in [0.1, 0.15) is 48.0 Å². The molecule has 0 saturated carbocycles. The number of carbonyl (C=O) groups is 2. The van der Waals surface area contributed by atoms with Crippen LogP contribution in [-0.4, -0.2) is 33.0 Å². The number of thiophene rings is 1. The van der Waals surface area contributed by atoms with E-state index in [0.29, 0.717) is 27.4 Å². The molecule has 2 aromatic heterocycles. The van der Waals surface area contributed by atoms with Crippen LogP contribution >= 0.6 is 11.3 Å². The number of rotatable bonds is 5. The summed E-state index contributed by atoms with van der Waals surface area (Å²) in [6.45, 7) is 5.48. The second-order valence-electron chi connectivity index (χ2n) is 8.17. The smallest absolute Gasteiger partial charge is 0.338 e. The maximum Gasteiger partial charge on any atom is 0.338 e. The molecule has 0 radical (unpaired) electrons. The SMILES string of the molecule is CC(C)OC(=O)c1cccc(NC(=O)Cn2nnc3sc4c(c3c2=O)CC[C@H](C)C4)c1. The van der Waals surface area contributed by atoms with E-state index in [0.717, 1.165) is 29.5 Å². The summed E-state index contributed by atoms with van der Waals surface area (Å²) in [5, 5.41) is 11.4. The van der Waals surface area contributed by atoms with Crippen LogP contribution in [-0.2, 0) is 28.9 Å². The van der Waals surface area contributed by atoms with Crippen LogP contribution in [0.15, 0.2) is 29.1 Å². The van der Waals surface area contributed by atoms with Crippen molar-refractivity contribution in [2.24, 2.45) is 5.92 Å².